The van der Waals surface area contributed by atoms with Gasteiger partial charge in [-0.05, 0) is 18.4 Å². The summed E-state index contributed by atoms with van der Waals surface area (Å²) in [5, 5.41) is 0.866. The van der Waals surface area contributed by atoms with E-state index in [4.69, 9.17) is 4.74 Å². The maximum absolute atomic E-state index is 5.61. The van der Waals surface area contributed by atoms with Gasteiger partial charge in [0, 0.05) is 18.1 Å². The Morgan fingerprint density at radius 2 is 1.88 bits per heavy atom. The van der Waals surface area contributed by atoms with E-state index in [2.05, 4.69) is 42.1 Å². The first-order valence-electron chi connectivity index (χ1n) is 6.59. The monoisotopic (exact) mass is 250 g/mol. The highest BCUT2D eigenvalue weighted by atomic mass is 32.2. The molecular formula is C15H22OS. The lowest BCUT2D eigenvalue weighted by Crippen LogP contribution is -2.12. The summed E-state index contributed by atoms with van der Waals surface area (Å²) < 4.78 is 5.61. The number of ether oxygens (including phenoxy) is 1. The first-order chi connectivity index (χ1) is 8.40. The van der Waals surface area contributed by atoms with E-state index in [-0.39, 0.29) is 6.10 Å². The van der Waals surface area contributed by atoms with E-state index >= 15 is 0 Å². The van der Waals surface area contributed by atoms with Crippen molar-refractivity contribution in [2.45, 2.75) is 43.5 Å². The number of rotatable bonds is 5. The molecule has 0 aromatic heterocycles. The summed E-state index contributed by atoms with van der Waals surface area (Å²) in [6, 6.07) is 10.6. The van der Waals surface area contributed by atoms with Gasteiger partial charge in [0.05, 0.1) is 6.10 Å². The van der Waals surface area contributed by atoms with Crippen LogP contribution in [0.25, 0.3) is 0 Å². The zero-order valence-electron chi connectivity index (χ0n) is 10.6. The van der Waals surface area contributed by atoms with Gasteiger partial charge in [-0.1, -0.05) is 49.6 Å². The topological polar surface area (TPSA) is 9.23 Å². The van der Waals surface area contributed by atoms with Gasteiger partial charge in [-0.3, -0.25) is 0 Å². The fourth-order valence-electron chi connectivity index (χ4n) is 2.42. The largest absolute Gasteiger partial charge is 0.376 e. The molecule has 2 rings (SSSR count). The van der Waals surface area contributed by atoms with Crippen molar-refractivity contribution in [3.8, 4) is 0 Å². The minimum absolute atomic E-state index is 0.253. The summed E-state index contributed by atoms with van der Waals surface area (Å²) in [4.78, 5) is 0. The average molecular weight is 250 g/mol. The first-order valence-corrected chi connectivity index (χ1v) is 7.64. The van der Waals surface area contributed by atoms with Crippen molar-refractivity contribution >= 4 is 11.8 Å². The lowest BCUT2D eigenvalue weighted by molar-refractivity contribution is 0.123. The third kappa shape index (κ3) is 4.04. The molecule has 0 heterocycles. The van der Waals surface area contributed by atoms with E-state index in [9.17, 15) is 0 Å². The van der Waals surface area contributed by atoms with Gasteiger partial charge >= 0.3 is 0 Å². The van der Waals surface area contributed by atoms with E-state index < -0.39 is 0 Å². The van der Waals surface area contributed by atoms with E-state index in [0.29, 0.717) is 0 Å². The quantitative estimate of drug-likeness (QED) is 0.764. The van der Waals surface area contributed by atoms with Crippen molar-refractivity contribution in [3.05, 3.63) is 35.9 Å². The molecule has 1 atom stereocenters. The van der Waals surface area contributed by atoms with Gasteiger partial charge in [-0.2, -0.15) is 11.8 Å². The van der Waals surface area contributed by atoms with Gasteiger partial charge in [0.2, 0.25) is 0 Å². The predicted octanol–water partition coefficient (Wildman–Crippen LogP) is 4.44. The Bertz CT molecular complexity index is 306. The third-order valence-corrected chi connectivity index (χ3v) is 4.93. The van der Waals surface area contributed by atoms with Gasteiger partial charge in [0.15, 0.2) is 0 Å². The molecule has 1 aliphatic carbocycles. The summed E-state index contributed by atoms with van der Waals surface area (Å²) in [5.41, 5.74) is 1.30. The summed E-state index contributed by atoms with van der Waals surface area (Å²) in [6.07, 6.45) is 7.32. The standard InChI is InChI=1S/C15H22OS/c1-16-15(13-8-4-2-5-9-13)12-17-14-10-6-3-7-11-14/h2,4-5,8-9,14-15H,3,6-7,10-12H2,1H3. The van der Waals surface area contributed by atoms with Crippen LogP contribution in [0, 0.1) is 0 Å². The zero-order valence-corrected chi connectivity index (χ0v) is 11.4. The second-order valence-corrected chi connectivity index (χ2v) is 6.06. The smallest absolute Gasteiger partial charge is 0.0911 e. The molecule has 1 aliphatic rings. The van der Waals surface area contributed by atoms with E-state index in [1.165, 1.54) is 37.7 Å². The van der Waals surface area contributed by atoms with Gasteiger partial charge in [0.1, 0.15) is 0 Å². The molecular weight excluding hydrogens is 228 g/mol. The van der Waals surface area contributed by atoms with Crippen molar-refractivity contribution in [2.24, 2.45) is 0 Å². The molecule has 0 saturated heterocycles. The van der Waals surface area contributed by atoms with Crippen LogP contribution in [0.2, 0.25) is 0 Å². The molecule has 2 heteroatoms. The highest BCUT2D eigenvalue weighted by Gasteiger charge is 2.17. The fourth-order valence-corrected chi connectivity index (χ4v) is 3.87. The highest BCUT2D eigenvalue weighted by Crippen LogP contribution is 2.31. The molecule has 1 aromatic rings. The fraction of sp³-hybridized carbons (Fsp3) is 0.600. The molecule has 1 fully saturated rings. The van der Waals surface area contributed by atoms with Crippen LogP contribution < -0.4 is 0 Å². The normalized spacial score (nSPS) is 19.1. The SMILES string of the molecule is COC(CSC1CCCCC1)c1ccccc1. The number of thioether (sulfide) groups is 1. The van der Waals surface area contributed by atoms with Crippen LogP contribution in [0.15, 0.2) is 30.3 Å². The Morgan fingerprint density at radius 1 is 1.18 bits per heavy atom. The Morgan fingerprint density at radius 3 is 2.53 bits per heavy atom. The summed E-state index contributed by atoms with van der Waals surface area (Å²) >= 11 is 2.10. The molecule has 1 aromatic carbocycles. The van der Waals surface area contributed by atoms with Crippen molar-refractivity contribution in [1.82, 2.24) is 0 Å². The van der Waals surface area contributed by atoms with Crippen molar-refractivity contribution in [3.63, 3.8) is 0 Å². The summed E-state index contributed by atoms with van der Waals surface area (Å²) in [6.45, 7) is 0. The Balaban J connectivity index is 1.83. The molecule has 17 heavy (non-hydrogen) atoms. The molecule has 1 nitrogen and oxygen atoms in total. The van der Waals surface area contributed by atoms with E-state index in [0.717, 1.165) is 11.0 Å². The first kappa shape index (κ1) is 13.0. The zero-order chi connectivity index (χ0) is 11.9. The van der Waals surface area contributed by atoms with E-state index in [1.807, 2.05) is 7.11 Å². The van der Waals surface area contributed by atoms with Gasteiger partial charge in [-0.25, -0.2) is 0 Å². The number of hydrogen-bond acceptors (Lipinski definition) is 2. The van der Waals surface area contributed by atoms with Crippen molar-refractivity contribution in [1.29, 1.82) is 0 Å². The molecule has 0 bridgehead atoms. The van der Waals surface area contributed by atoms with Crippen LogP contribution in [-0.4, -0.2) is 18.1 Å². The minimum Gasteiger partial charge on any atom is -0.376 e. The second-order valence-electron chi connectivity index (χ2n) is 4.73. The summed E-state index contributed by atoms with van der Waals surface area (Å²) in [7, 11) is 1.82. The average Bonchev–Trinajstić information content (AvgIpc) is 2.42. The highest BCUT2D eigenvalue weighted by molar-refractivity contribution is 7.99. The predicted molar refractivity (Wildman–Crippen MR) is 75.5 cm³/mol. The van der Waals surface area contributed by atoms with Crippen LogP contribution in [0.3, 0.4) is 0 Å². The second kappa shape index (κ2) is 7.07. The number of benzene rings is 1. The molecule has 0 radical (unpaired) electrons. The van der Waals surface area contributed by atoms with Gasteiger partial charge in [0.25, 0.3) is 0 Å². The minimum atomic E-state index is 0.253. The molecule has 1 saturated carbocycles. The van der Waals surface area contributed by atoms with Crippen LogP contribution in [0.5, 0.6) is 0 Å². The lowest BCUT2D eigenvalue weighted by atomic mass is 10.0. The van der Waals surface area contributed by atoms with Crippen molar-refractivity contribution < 1.29 is 4.74 Å². The van der Waals surface area contributed by atoms with Gasteiger partial charge in [-0.15, -0.1) is 0 Å². The molecule has 1 unspecified atom stereocenters. The molecule has 94 valence electrons. The number of hydrogen-bond donors (Lipinski definition) is 0. The van der Waals surface area contributed by atoms with Crippen LogP contribution in [0.1, 0.15) is 43.8 Å². The van der Waals surface area contributed by atoms with Crippen LogP contribution in [0.4, 0.5) is 0 Å². The Hall–Kier alpha value is -0.470. The van der Waals surface area contributed by atoms with Crippen LogP contribution in [-0.2, 0) is 4.74 Å². The van der Waals surface area contributed by atoms with E-state index in [1.54, 1.807) is 0 Å². The maximum Gasteiger partial charge on any atom is 0.0911 e. The molecule has 0 amide bonds. The Kier molecular flexibility index (Phi) is 5.40. The Labute approximate surface area is 109 Å². The molecule has 0 N–H and O–H groups in total. The number of methoxy groups -OCH3 is 1. The molecule has 0 spiro atoms. The third-order valence-electron chi connectivity index (χ3n) is 3.49. The summed E-state index contributed by atoms with van der Waals surface area (Å²) in [5.74, 6) is 1.09. The lowest BCUT2D eigenvalue weighted by Gasteiger charge is -2.23. The maximum atomic E-state index is 5.61. The van der Waals surface area contributed by atoms with Gasteiger partial charge < -0.3 is 4.74 Å². The van der Waals surface area contributed by atoms with Crippen LogP contribution >= 0.6 is 11.8 Å². The molecule has 0 aliphatic heterocycles. The van der Waals surface area contributed by atoms with Crippen molar-refractivity contribution in [2.75, 3.05) is 12.9 Å².